The predicted octanol–water partition coefficient (Wildman–Crippen LogP) is -0.902. The Morgan fingerprint density at radius 3 is 2.20 bits per heavy atom. The van der Waals surface area contributed by atoms with Crippen LogP contribution in [0.5, 0.6) is 0 Å². The molecule has 0 aliphatic rings. The Balaban J connectivity index is 0.00000110. The Hall–Kier alpha value is -1.62. The molecule has 3 aromatic rings. The average molecular weight is 276 g/mol. The molecule has 96 valence electrons. The van der Waals surface area contributed by atoms with Gasteiger partial charge in [-0.25, -0.2) is 0 Å². The summed E-state index contributed by atoms with van der Waals surface area (Å²) in [4.78, 5) is 12.3. The second-order valence-electron chi connectivity index (χ2n) is 4.38. The molecule has 3 rings (SSSR count). The number of hydrogen-bond acceptors (Lipinski definition) is 3. The van der Waals surface area contributed by atoms with E-state index in [4.69, 9.17) is 0 Å². The number of aryl methyl sites for hydroxylation is 1. The minimum Gasteiger partial charge on any atom is -1.00 e. The summed E-state index contributed by atoms with van der Waals surface area (Å²) >= 11 is 0. The van der Waals surface area contributed by atoms with Gasteiger partial charge in [0.15, 0.2) is 5.36 Å². The minimum atomic E-state index is -0.320. The Morgan fingerprint density at radius 1 is 1.00 bits per heavy atom. The van der Waals surface area contributed by atoms with E-state index in [-0.39, 0.29) is 41.9 Å². The van der Waals surface area contributed by atoms with Crippen molar-refractivity contribution in [1.82, 2.24) is 4.57 Å². The van der Waals surface area contributed by atoms with E-state index in [1.54, 1.807) is 13.1 Å². The van der Waals surface area contributed by atoms with Crippen molar-refractivity contribution in [2.75, 3.05) is 0 Å². The van der Waals surface area contributed by atoms with Gasteiger partial charge in [-0.2, -0.15) is 0 Å². The van der Waals surface area contributed by atoms with E-state index < -0.39 is 0 Å². The van der Waals surface area contributed by atoms with Crippen LogP contribution in [0.1, 0.15) is 1.43 Å². The zero-order valence-electron chi connectivity index (χ0n) is 12.4. The third-order valence-electron chi connectivity index (χ3n) is 3.34. The van der Waals surface area contributed by atoms with Gasteiger partial charge in [0.25, 0.3) is 5.56 Å². The molecule has 5 heteroatoms. The molecule has 0 saturated heterocycles. The van der Waals surface area contributed by atoms with Gasteiger partial charge in [0.1, 0.15) is 0 Å². The van der Waals surface area contributed by atoms with Crippen LogP contribution in [0.2, 0.25) is 0 Å². The molecule has 0 unspecified atom stereocenters. The van der Waals surface area contributed by atoms with Crippen molar-refractivity contribution >= 4 is 21.7 Å². The Bertz CT molecular complexity index is 922. The molecule has 1 heterocycles. The maximum absolute atomic E-state index is 12.3. The second-order valence-corrected chi connectivity index (χ2v) is 4.38. The first kappa shape index (κ1) is 14.8. The quantitative estimate of drug-likeness (QED) is 0.329. The molecule has 0 amide bonds. The summed E-state index contributed by atoms with van der Waals surface area (Å²) < 4.78 is 1.50. The van der Waals surface area contributed by atoms with Crippen molar-refractivity contribution in [3.8, 4) is 0 Å². The monoisotopic (exact) mass is 276 g/mol. The SMILES string of the molecule is Cn1c(=O)/c(=N/O)c2ccccc2c2ccccc21.[H-].[Na+]. The second kappa shape index (κ2) is 5.79. The molecule has 20 heavy (non-hydrogen) atoms. The van der Waals surface area contributed by atoms with Gasteiger partial charge in [-0.1, -0.05) is 47.6 Å². The van der Waals surface area contributed by atoms with E-state index >= 15 is 0 Å². The summed E-state index contributed by atoms with van der Waals surface area (Å²) in [6.45, 7) is 0. The molecule has 0 bridgehead atoms. The van der Waals surface area contributed by atoms with Crippen molar-refractivity contribution in [1.29, 1.82) is 0 Å². The summed E-state index contributed by atoms with van der Waals surface area (Å²) in [6, 6.07) is 15.1. The van der Waals surface area contributed by atoms with Crippen molar-refractivity contribution < 1.29 is 36.2 Å². The van der Waals surface area contributed by atoms with E-state index in [9.17, 15) is 10.0 Å². The average Bonchev–Trinajstić information content (AvgIpc) is 2.55. The van der Waals surface area contributed by atoms with Crippen LogP contribution in [-0.4, -0.2) is 9.77 Å². The Kier molecular flexibility index (Phi) is 4.28. The van der Waals surface area contributed by atoms with Gasteiger partial charge in [-0.15, -0.1) is 0 Å². The van der Waals surface area contributed by atoms with Crippen LogP contribution >= 0.6 is 0 Å². The smallest absolute Gasteiger partial charge is 1.00 e. The molecule has 0 radical (unpaired) electrons. The number of rotatable bonds is 0. The van der Waals surface area contributed by atoms with Gasteiger partial charge in [0.2, 0.25) is 0 Å². The van der Waals surface area contributed by atoms with Crippen LogP contribution in [-0.2, 0) is 7.05 Å². The zero-order chi connectivity index (χ0) is 13.4. The van der Waals surface area contributed by atoms with Crippen molar-refractivity contribution in [2.45, 2.75) is 0 Å². The molecule has 2 aromatic carbocycles. The number of nitrogens with zero attached hydrogens (tertiary/aromatic N) is 2. The number of hydrogen-bond donors (Lipinski definition) is 1. The predicted molar refractivity (Wildman–Crippen MR) is 75.2 cm³/mol. The van der Waals surface area contributed by atoms with E-state index in [0.717, 1.165) is 16.3 Å². The summed E-state index contributed by atoms with van der Waals surface area (Å²) in [6.07, 6.45) is 0. The summed E-state index contributed by atoms with van der Waals surface area (Å²) in [7, 11) is 1.68. The topological polar surface area (TPSA) is 54.6 Å². The molecule has 0 spiro atoms. The molecule has 0 atom stereocenters. The molecule has 4 nitrogen and oxygen atoms in total. The van der Waals surface area contributed by atoms with Gasteiger partial charge in [-0.3, -0.25) is 4.79 Å². The molecule has 0 fully saturated rings. The van der Waals surface area contributed by atoms with E-state index in [1.165, 1.54) is 4.57 Å². The Morgan fingerprint density at radius 2 is 1.55 bits per heavy atom. The van der Waals surface area contributed by atoms with Crippen molar-refractivity contribution in [3.05, 3.63) is 64.2 Å². The van der Waals surface area contributed by atoms with Gasteiger partial charge in [0, 0.05) is 17.8 Å². The third kappa shape index (κ3) is 2.16. The van der Waals surface area contributed by atoms with Gasteiger partial charge in [0.05, 0.1) is 5.52 Å². The largest absolute Gasteiger partial charge is 1.00 e. The standard InChI is InChI=1S/C15H12N2O2.Na.H/c1-17-13-9-5-4-7-11(13)10-6-2-3-8-12(10)14(16-19)15(17)18;;/h2-9,19H,1H3;;/q;+1;-1/b16-14+;;. The van der Waals surface area contributed by atoms with Gasteiger partial charge in [-0.05, 0) is 11.5 Å². The first-order valence-electron chi connectivity index (χ1n) is 5.93. The number of aromatic nitrogens is 1. The van der Waals surface area contributed by atoms with E-state index in [0.29, 0.717) is 5.39 Å². The van der Waals surface area contributed by atoms with Crippen LogP contribution in [0.3, 0.4) is 0 Å². The summed E-state index contributed by atoms with van der Waals surface area (Å²) in [5.74, 6) is 0. The van der Waals surface area contributed by atoms with E-state index in [1.807, 2.05) is 42.5 Å². The molecule has 1 N–H and O–H groups in total. The fourth-order valence-corrected chi connectivity index (χ4v) is 2.40. The molecule has 1 aromatic heterocycles. The maximum atomic E-state index is 12.3. The van der Waals surface area contributed by atoms with Crippen LogP contribution in [0, 0.1) is 0 Å². The van der Waals surface area contributed by atoms with E-state index in [2.05, 4.69) is 5.16 Å². The fraction of sp³-hybridized carbons (Fsp3) is 0.0667. The molecular formula is C15H13N2NaO2. The Labute approximate surface area is 138 Å². The van der Waals surface area contributed by atoms with Crippen LogP contribution < -0.4 is 40.5 Å². The summed E-state index contributed by atoms with van der Waals surface area (Å²) in [5.41, 5.74) is 0.485. The van der Waals surface area contributed by atoms with Crippen molar-refractivity contribution in [2.24, 2.45) is 12.2 Å². The molecule has 0 aliphatic heterocycles. The summed E-state index contributed by atoms with van der Waals surface area (Å²) in [5, 5.41) is 14.9. The normalized spacial score (nSPS) is 11.6. The third-order valence-corrected chi connectivity index (χ3v) is 3.34. The first-order valence-corrected chi connectivity index (χ1v) is 5.93. The van der Waals surface area contributed by atoms with Crippen LogP contribution in [0.4, 0.5) is 0 Å². The first-order chi connectivity index (χ1) is 9.24. The molecular weight excluding hydrogens is 263 g/mol. The van der Waals surface area contributed by atoms with Crippen molar-refractivity contribution in [3.63, 3.8) is 0 Å². The molecule has 0 saturated carbocycles. The number of para-hydroxylation sites is 1. The zero-order valence-corrected chi connectivity index (χ0v) is 13.4. The van der Waals surface area contributed by atoms with Crippen LogP contribution in [0.25, 0.3) is 21.7 Å². The number of benzene rings is 2. The fourth-order valence-electron chi connectivity index (χ4n) is 2.40. The minimum absolute atomic E-state index is 0. The van der Waals surface area contributed by atoms with Crippen LogP contribution in [0.15, 0.2) is 58.5 Å². The maximum Gasteiger partial charge on any atom is 1.00 e. The van der Waals surface area contributed by atoms with Gasteiger partial charge < -0.3 is 11.2 Å². The van der Waals surface area contributed by atoms with Gasteiger partial charge >= 0.3 is 29.6 Å². The molecule has 0 aliphatic carbocycles. The number of fused-ring (bicyclic) bond motifs is 3.